The molecule has 1 aromatic carbocycles. The smallest absolute Gasteiger partial charge is 0.231 e. The summed E-state index contributed by atoms with van der Waals surface area (Å²) in [6.45, 7) is 1.69. The molecule has 1 aromatic heterocycles. The monoisotopic (exact) mass is 401 g/mol. The first-order valence-electron chi connectivity index (χ1n) is 8.57. The average molecular weight is 402 g/mol. The van der Waals surface area contributed by atoms with Crippen molar-refractivity contribution in [3.8, 4) is 0 Å². The maximum Gasteiger partial charge on any atom is 0.231 e. The standard InChI is InChI=1S/C18H24ClN3OS.ClH/c1-21(2)10-5-11-22(17(23)13-6-3-4-7-13)18-20-15-9-8-14(19)12-16(15)24-18;/h8-9,12-13H,3-7,10-11H2,1-2H3;1H. The Morgan fingerprint density at radius 2 is 2.00 bits per heavy atom. The molecule has 1 amide bonds. The number of rotatable bonds is 6. The van der Waals surface area contributed by atoms with Crippen molar-refractivity contribution in [2.75, 3.05) is 32.1 Å². The number of aromatic nitrogens is 1. The van der Waals surface area contributed by atoms with E-state index in [9.17, 15) is 4.79 Å². The van der Waals surface area contributed by atoms with Gasteiger partial charge in [0.05, 0.1) is 10.2 Å². The SMILES string of the molecule is CN(C)CCCN(C(=O)C1CCCC1)c1nc2ccc(Cl)cc2s1.Cl. The molecule has 3 rings (SSSR count). The van der Waals surface area contributed by atoms with E-state index in [0.29, 0.717) is 5.02 Å². The number of halogens is 2. The molecule has 2 aromatic rings. The Morgan fingerprint density at radius 3 is 2.68 bits per heavy atom. The second-order valence-electron chi connectivity index (χ2n) is 6.74. The summed E-state index contributed by atoms with van der Waals surface area (Å²) in [7, 11) is 4.12. The number of hydrogen-bond donors (Lipinski definition) is 0. The molecular formula is C18H25Cl2N3OS. The van der Waals surface area contributed by atoms with Gasteiger partial charge in [-0.3, -0.25) is 9.69 Å². The minimum absolute atomic E-state index is 0. The lowest BCUT2D eigenvalue weighted by atomic mass is 10.1. The van der Waals surface area contributed by atoms with Crippen LogP contribution in [-0.4, -0.2) is 43.0 Å². The van der Waals surface area contributed by atoms with Gasteiger partial charge in [0.1, 0.15) is 0 Å². The van der Waals surface area contributed by atoms with Crippen molar-refractivity contribution in [3.63, 3.8) is 0 Å². The fourth-order valence-corrected chi connectivity index (χ4v) is 4.51. The van der Waals surface area contributed by atoms with E-state index in [-0.39, 0.29) is 24.2 Å². The fraction of sp³-hybridized carbons (Fsp3) is 0.556. The summed E-state index contributed by atoms with van der Waals surface area (Å²) >= 11 is 7.65. The highest BCUT2D eigenvalue weighted by atomic mass is 35.5. The Kier molecular flexibility index (Phi) is 7.50. The van der Waals surface area contributed by atoms with Gasteiger partial charge in [-0.05, 0) is 58.1 Å². The Bertz CT molecular complexity index is 713. The number of carbonyl (C=O) groups is 1. The van der Waals surface area contributed by atoms with Crippen molar-refractivity contribution < 1.29 is 4.79 Å². The lowest BCUT2D eigenvalue weighted by Crippen LogP contribution is -2.37. The van der Waals surface area contributed by atoms with Crippen molar-refractivity contribution in [2.24, 2.45) is 5.92 Å². The molecular weight excluding hydrogens is 377 g/mol. The molecule has 0 spiro atoms. The van der Waals surface area contributed by atoms with Crippen LogP contribution >= 0.6 is 35.3 Å². The average Bonchev–Trinajstić information content (AvgIpc) is 3.19. The number of thiazole rings is 1. The van der Waals surface area contributed by atoms with Crippen LogP contribution in [-0.2, 0) is 4.79 Å². The van der Waals surface area contributed by atoms with Gasteiger partial charge in [0.15, 0.2) is 5.13 Å². The lowest BCUT2D eigenvalue weighted by Gasteiger charge is -2.23. The van der Waals surface area contributed by atoms with E-state index in [0.717, 1.165) is 60.5 Å². The van der Waals surface area contributed by atoms with Crippen LogP contribution in [0.3, 0.4) is 0 Å². The van der Waals surface area contributed by atoms with Crippen molar-refractivity contribution in [3.05, 3.63) is 23.2 Å². The number of anilines is 1. The highest BCUT2D eigenvalue weighted by molar-refractivity contribution is 7.22. The highest BCUT2D eigenvalue weighted by Gasteiger charge is 2.29. The van der Waals surface area contributed by atoms with Gasteiger partial charge < -0.3 is 4.90 Å². The number of fused-ring (bicyclic) bond motifs is 1. The second-order valence-corrected chi connectivity index (χ2v) is 8.18. The van der Waals surface area contributed by atoms with Crippen LogP contribution in [0.2, 0.25) is 5.02 Å². The van der Waals surface area contributed by atoms with E-state index in [1.54, 1.807) is 11.3 Å². The molecule has 4 nitrogen and oxygen atoms in total. The first-order valence-corrected chi connectivity index (χ1v) is 9.76. The van der Waals surface area contributed by atoms with Gasteiger partial charge >= 0.3 is 0 Å². The number of carbonyl (C=O) groups excluding carboxylic acids is 1. The first kappa shape index (κ1) is 20.4. The third kappa shape index (κ3) is 5.07. The summed E-state index contributed by atoms with van der Waals surface area (Å²) in [5, 5.41) is 1.52. The van der Waals surface area contributed by atoms with Gasteiger partial charge in [-0.15, -0.1) is 12.4 Å². The molecule has 0 saturated heterocycles. The normalized spacial score (nSPS) is 14.9. The molecule has 1 fully saturated rings. The van der Waals surface area contributed by atoms with Crippen molar-refractivity contribution in [1.29, 1.82) is 0 Å². The Morgan fingerprint density at radius 1 is 1.28 bits per heavy atom. The summed E-state index contributed by atoms with van der Waals surface area (Å²) in [6.07, 6.45) is 5.30. The third-order valence-electron chi connectivity index (χ3n) is 4.53. The van der Waals surface area contributed by atoms with Gasteiger partial charge in [0.2, 0.25) is 5.91 Å². The molecule has 1 heterocycles. The van der Waals surface area contributed by atoms with Crippen LogP contribution in [0, 0.1) is 5.92 Å². The quantitative estimate of drug-likeness (QED) is 0.693. The van der Waals surface area contributed by atoms with Crippen LogP contribution in [0.5, 0.6) is 0 Å². The van der Waals surface area contributed by atoms with E-state index in [2.05, 4.69) is 19.0 Å². The maximum atomic E-state index is 13.0. The Hall–Kier alpha value is -0.880. The minimum Gasteiger partial charge on any atom is -0.309 e. The van der Waals surface area contributed by atoms with Crippen LogP contribution < -0.4 is 4.90 Å². The Balaban J connectivity index is 0.00000225. The molecule has 1 aliphatic carbocycles. The maximum absolute atomic E-state index is 13.0. The van der Waals surface area contributed by atoms with E-state index >= 15 is 0 Å². The fourth-order valence-electron chi connectivity index (χ4n) is 3.24. The summed E-state index contributed by atoms with van der Waals surface area (Å²) in [5.41, 5.74) is 0.913. The molecule has 0 aliphatic heterocycles. The predicted octanol–water partition coefficient (Wildman–Crippen LogP) is 4.85. The molecule has 0 N–H and O–H groups in total. The zero-order valence-corrected chi connectivity index (χ0v) is 17.1. The van der Waals surface area contributed by atoms with Gasteiger partial charge in [0, 0.05) is 17.5 Å². The van der Waals surface area contributed by atoms with Crippen molar-refractivity contribution >= 4 is 56.6 Å². The summed E-state index contributed by atoms with van der Waals surface area (Å²) in [6, 6.07) is 5.70. The number of amides is 1. The van der Waals surface area contributed by atoms with Gasteiger partial charge in [0.25, 0.3) is 0 Å². The van der Waals surface area contributed by atoms with Gasteiger partial charge in [-0.1, -0.05) is 35.8 Å². The highest BCUT2D eigenvalue weighted by Crippen LogP contribution is 2.34. The molecule has 138 valence electrons. The summed E-state index contributed by atoms with van der Waals surface area (Å²) < 4.78 is 1.04. The minimum atomic E-state index is 0. The number of nitrogens with zero attached hydrogens (tertiary/aromatic N) is 3. The molecule has 0 atom stereocenters. The van der Waals surface area contributed by atoms with Crippen LogP contribution in [0.1, 0.15) is 32.1 Å². The van der Waals surface area contributed by atoms with E-state index in [1.807, 2.05) is 23.1 Å². The zero-order valence-electron chi connectivity index (χ0n) is 14.7. The molecule has 1 aliphatic rings. The number of benzene rings is 1. The summed E-state index contributed by atoms with van der Waals surface area (Å²) in [5.74, 6) is 0.413. The second kappa shape index (κ2) is 9.17. The largest absolute Gasteiger partial charge is 0.309 e. The van der Waals surface area contributed by atoms with E-state index in [4.69, 9.17) is 16.6 Å². The van der Waals surface area contributed by atoms with Crippen LogP contribution in [0.4, 0.5) is 5.13 Å². The van der Waals surface area contributed by atoms with Gasteiger partial charge in [-0.25, -0.2) is 4.98 Å². The van der Waals surface area contributed by atoms with Gasteiger partial charge in [-0.2, -0.15) is 0 Å². The van der Waals surface area contributed by atoms with E-state index < -0.39 is 0 Å². The number of hydrogen-bond acceptors (Lipinski definition) is 4. The lowest BCUT2D eigenvalue weighted by molar-refractivity contribution is -0.122. The summed E-state index contributed by atoms with van der Waals surface area (Å²) in [4.78, 5) is 21.8. The predicted molar refractivity (Wildman–Crippen MR) is 109 cm³/mol. The first-order chi connectivity index (χ1) is 11.5. The van der Waals surface area contributed by atoms with Crippen molar-refractivity contribution in [2.45, 2.75) is 32.1 Å². The molecule has 7 heteroatoms. The van der Waals surface area contributed by atoms with Crippen molar-refractivity contribution in [1.82, 2.24) is 9.88 Å². The molecule has 25 heavy (non-hydrogen) atoms. The molecule has 0 radical (unpaired) electrons. The molecule has 0 bridgehead atoms. The zero-order chi connectivity index (χ0) is 17.1. The van der Waals surface area contributed by atoms with Crippen LogP contribution in [0.25, 0.3) is 10.2 Å². The molecule has 1 saturated carbocycles. The Labute approximate surface area is 164 Å². The third-order valence-corrected chi connectivity index (χ3v) is 5.80. The molecule has 0 unspecified atom stereocenters. The van der Waals surface area contributed by atoms with E-state index in [1.165, 1.54) is 0 Å². The van der Waals surface area contributed by atoms with Crippen LogP contribution in [0.15, 0.2) is 18.2 Å². The topological polar surface area (TPSA) is 36.4 Å².